The Bertz CT molecular complexity index is 1270. The van der Waals surface area contributed by atoms with Crippen molar-refractivity contribution in [2.75, 3.05) is 5.32 Å². The highest BCUT2D eigenvalue weighted by Gasteiger charge is 2.27. The number of anilines is 1. The predicted octanol–water partition coefficient (Wildman–Crippen LogP) is 4.90. The summed E-state index contributed by atoms with van der Waals surface area (Å²) in [6.45, 7) is 3.99. The maximum Gasteiger partial charge on any atom is 0.326 e. The van der Waals surface area contributed by atoms with Gasteiger partial charge in [0.05, 0.1) is 5.92 Å². The SMILES string of the molecule is CC(C)CC(C(=O)N[C@@H](Cc1ccc(CCC(=O)O)cc1)C(=O)O)c1ccc(NC(=O)c2ccccc2)cc1. The third-order valence-electron chi connectivity index (χ3n) is 6.34. The molecule has 0 saturated carbocycles. The molecular weight excluding hydrogens is 496 g/mol. The summed E-state index contributed by atoms with van der Waals surface area (Å²) >= 11 is 0. The highest BCUT2D eigenvalue weighted by atomic mass is 16.4. The van der Waals surface area contributed by atoms with Crippen molar-refractivity contribution < 1.29 is 29.4 Å². The number of hydrogen-bond acceptors (Lipinski definition) is 4. The van der Waals surface area contributed by atoms with Gasteiger partial charge in [0.15, 0.2) is 0 Å². The summed E-state index contributed by atoms with van der Waals surface area (Å²) in [7, 11) is 0. The summed E-state index contributed by atoms with van der Waals surface area (Å²) in [5, 5.41) is 24.2. The molecule has 1 unspecified atom stereocenters. The van der Waals surface area contributed by atoms with Gasteiger partial charge in [-0.05, 0) is 59.7 Å². The summed E-state index contributed by atoms with van der Waals surface area (Å²) in [6.07, 6.45) is 1.02. The number of carbonyl (C=O) groups is 4. The van der Waals surface area contributed by atoms with Crippen LogP contribution in [-0.4, -0.2) is 40.0 Å². The van der Waals surface area contributed by atoms with Crippen LogP contribution in [0.15, 0.2) is 78.9 Å². The second-order valence-corrected chi connectivity index (χ2v) is 9.94. The van der Waals surface area contributed by atoms with E-state index in [0.717, 1.165) is 16.7 Å². The van der Waals surface area contributed by atoms with Crippen molar-refractivity contribution >= 4 is 29.4 Å². The maximum atomic E-state index is 13.3. The molecule has 4 N–H and O–H groups in total. The number of carboxylic acids is 2. The molecule has 0 aliphatic rings. The molecule has 8 heteroatoms. The fourth-order valence-corrected chi connectivity index (χ4v) is 4.26. The molecule has 204 valence electrons. The van der Waals surface area contributed by atoms with Gasteiger partial charge in [-0.25, -0.2) is 4.79 Å². The number of rotatable bonds is 13. The van der Waals surface area contributed by atoms with Crippen LogP contribution in [0.4, 0.5) is 5.69 Å². The van der Waals surface area contributed by atoms with Gasteiger partial charge in [0.2, 0.25) is 5.91 Å². The summed E-state index contributed by atoms with van der Waals surface area (Å²) in [6, 6.07) is 21.8. The molecule has 0 aromatic heterocycles. The highest BCUT2D eigenvalue weighted by Crippen LogP contribution is 2.26. The standard InChI is InChI=1S/C31H34N2O6/c1-20(2)18-26(23-13-15-25(16-14-23)32-29(36)24-6-4-3-5-7-24)30(37)33-27(31(38)39)19-22-10-8-21(9-11-22)12-17-28(34)35/h3-11,13-16,20,26-27H,12,17-19H2,1-2H3,(H,32,36)(H,33,37)(H,34,35)(H,38,39)/t26?,27-/m0/s1. The Morgan fingerprint density at radius 3 is 1.97 bits per heavy atom. The maximum absolute atomic E-state index is 13.3. The van der Waals surface area contributed by atoms with Crippen molar-refractivity contribution in [3.8, 4) is 0 Å². The largest absolute Gasteiger partial charge is 0.481 e. The molecule has 0 aliphatic heterocycles. The topological polar surface area (TPSA) is 133 Å². The monoisotopic (exact) mass is 530 g/mol. The first kappa shape index (κ1) is 29.1. The number of benzene rings is 3. The van der Waals surface area contributed by atoms with Crippen LogP contribution in [0.1, 0.15) is 59.7 Å². The van der Waals surface area contributed by atoms with E-state index in [-0.39, 0.29) is 30.6 Å². The molecular formula is C31H34N2O6. The van der Waals surface area contributed by atoms with Gasteiger partial charge in [0, 0.05) is 24.1 Å². The predicted molar refractivity (Wildman–Crippen MR) is 149 cm³/mol. The van der Waals surface area contributed by atoms with E-state index in [1.165, 1.54) is 0 Å². The smallest absolute Gasteiger partial charge is 0.326 e. The lowest BCUT2D eigenvalue weighted by Gasteiger charge is -2.22. The second kappa shape index (κ2) is 13.9. The Kier molecular flexibility index (Phi) is 10.4. The molecule has 0 spiro atoms. The molecule has 0 bridgehead atoms. The van der Waals surface area contributed by atoms with Crippen LogP contribution >= 0.6 is 0 Å². The van der Waals surface area contributed by atoms with Gasteiger partial charge in [0.1, 0.15) is 6.04 Å². The lowest BCUT2D eigenvalue weighted by Crippen LogP contribution is -2.44. The van der Waals surface area contributed by atoms with Gasteiger partial charge in [-0.15, -0.1) is 0 Å². The third-order valence-corrected chi connectivity index (χ3v) is 6.34. The van der Waals surface area contributed by atoms with Crippen molar-refractivity contribution in [3.63, 3.8) is 0 Å². The average Bonchev–Trinajstić information content (AvgIpc) is 2.91. The zero-order valence-electron chi connectivity index (χ0n) is 22.1. The summed E-state index contributed by atoms with van der Waals surface area (Å²) in [5.41, 5.74) is 3.42. The number of carboxylic acid groups (broad SMARTS) is 2. The van der Waals surface area contributed by atoms with E-state index in [0.29, 0.717) is 24.1 Å². The van der Waals surface area contributed by atoms with Crippen LogP contribution in [0, 0.1) is 5.92 Å². The number of amides is 2. The minimum Gasteiger partial charge on any atom is -0.481 e. The van der Waals surface area contributed by atoms with Gasteiger partial charge in [-0.2, -0.15) is 0 Å². The number of nitrogens with one attached hydrogen (secondary N) is 2. The van der Waals surface area contributed by atoms with E-state index in [2.05, 4.69) is 10.6 Å². The van der Waals surface area contributed by atoms with Crippen LogP contribution in [0.25, 0.3) is 0 Å². The molecule has 0 saturated heterocycles. The molecule has 0 fully saturated rings. The van der Waals surface area contributed by atoms with E-state index in [1.54, 1.807) is 72.8 Å². The van der Waals surface area contributed by atoms with E-state index < -0.39 is 23.9 Å². The van der Waals surface area contributed by atoms with Crippen molar-refractivity contribution in [2.24, 2.45) is 5.92 Å². The van der Waals surface area contributed by atoms with E-state index in [1.807, 2.05) is 19.9 Å². The number of aliphatic carboxylic acids is 2. The van der Waals surface area contributed by atoms with Gasteiger partial charge in [-0.3, -0.25) is 14.4 Å². The highest BCUT2D eigenvalue weighted by molar-refractivity contribution is 6.04. The molecule has 0 radical (unpaired) electrons. The Balaban J connectivity index is 1.69. The molecule has 3 aromatic rings. The van der Waals surface area contributed by atoms with Crippen LogP contribution in [-0.2, 0) is 27.2 Å². The lowest BCUT2D eigenvalue weighted by molar-refractivity contribution is -0.142. The summed E-state index contributed by atoms with van der Waals surface area (Å²) in [5.74, 6) is -3.02. The third kappa shape index (κ3) is 9.10. The first-order valence-corrected chi connectivity index (χ1v) is 12.9. The minimum absolute atomic E-state index is 0.0186. The molecule has 8 nitrogen and oxygen atoms in total. The normalized spacial score (nSPS) is 12.4. The first-order valence-electron chi connectivity index (χ1n) is 12.9. The molecule has 3 rings (SSSR count). The van der Waals surface area contributed by atoms with Crippen LogP contribution in [0.5, 0.6) is 0 Å². The van der Waals surface area contributed by atoms with Crippen molar-refractivity contribution in [1.82, 2.24) is 5.32 Å². The van der Waals surface area contributed by atoms with Gasteiger partial charge >= 0.3 is 11.9 Å². The Labute approximate surface area is 228 Å². The van der Waals surface area contributed by atoms with Crippen LogP contribution in [0.3, 0.4) is 0 Å². The Morgan fingerprint density at radius 1 is 0.795 bits per heavy atom. The minimum atomic E-state index is -1.14. The Morgan fingerprint density at radius 2 is 1.41 bits per heavy atom. The van der Waals surface area contributed by atoms with Crippen LogP contribution < -0.4 is 10.6 Å². The number of aryl methyl sites for hydroxylation is 1. The first-order chi connectivity index (χ1) is 18.6. The Hall–Kier alpha value is -4.46. The number of hydrogen-bond donors (Lipinski definition) is 4. The molecule has 2 amide bonds. The van der Waals surface area contributed by atoms with E-state index in [9.17, 15) is 24.3 Å². The van der Waals surface area contributed by atoms with Gasteiger partial charge in [0.25, 0.3) is 5.91 Å². The van der Waals surface area contributed by atoms with Gasteiger partial charge < -0.3 is 20.8 Å². The summed E-state index contributed by atoms with van der Waals surface area (Å²) < 4.78 is 0. The van der Waals surface area contributed by atoms with Crippen LogP contribution in [0.2, 0.25) is 0 Å². The molecule has 39 heavy (non-hydrogen) atoms. The molecule has 0 heterocycles. The average molecular weight is 531 g/mol. The molecule has 2 atom stereocenters. The van der Waals surface area contributed by atoms with Gasteiger partial charge in [-0.1, -0.05) is 68.4 Å². The molecule has 3 aromatic carbocycles. The fraction of sp³-hybridized carbons (Fsp3) is 0.290. The van der Waals surface area contributed by atoms with Crippen molar-refractivity contribution in [2.45, 2.75) is 51.5 Å². The fourth-order valence-electron chi connectivity index (χ4n) is 4.26. The quantitative estimate of drug-likeness (QED) is 0.249. The summed E-state index contributed by atoms with van der Waals surface area (Å²) in [4.78, 5) is 48.6. The number of carbonyl (C=O) groups excluding carboxylic acids is 2. The van der Waals surface area contributed by atoms with E-state index >= 15 is 0 Å². The zero-order valence-corrected chi connectivity index (χ0v) is 22.1. The molecule has 0 aliphatic carbocycles. The lowest BCUT2D eigenvalue weighted by atomic mass is 9.89. The van der Waals surface area contributed by atoms with E-state index in [4.69, 9.17) is 5.11 Å². The zero-order chi connectivity index (χ0) is 28.4. The van der Waals surface area contributed by atoms with Crippen molar-refractivity contribution in [3.05, 3.63) is 101 Å². The van der Waals surface area contributed by atoms with Crippen molar-refractivity contribution in [1.29, 1.82) is 0 Å². The second-order valence-electron chi connectivity index (χ2n) is 9.94.